The Balaban J connectivity index is 1.47. The van der Waals surface area contributed by atoms with Gasteiger partial charge in [0.15, 0.2) is 0 Å². The van der Waals surface area contributed by atoms with E-state index in [-0.39, 0.29) is 11.6 Å². The molecule has 0 amide bonds. The van der Waals surface area contributed by atoms with Gasteiger partial charge in [-0.05, 0) is 50.8 Å². The summed E-state index contributed by atoms with van der Waals surface area (Å²) < 4.78 is 1.65. The second-order valence-corrected chi connectivity index (χ2v) is 6.88. The van der Waals surface area contributed by atoms with Crippen LogP contribution < -0.4 is 10.9 Å². The molecule has 1 fully saturated rings. The van der Waals surface area contributed by atoms with E-state index in [1.807, 2.05) is 19.1 Å². The molecule has 0 aliphatic heterocycles. The highest BCUT2D eigenvalue weighted by molar-refractivity contribution is 5.57. The lowest BCUT2D eigenvalue weighted by Crippen LogP contribution is -2.33. The number of nitrogens with one attached hydrogen (secondary N) is 1. The minimum absolute atomic E-state index is 0.0472. The van der Waals surface area contributed by atoms with Crippen LogP contribution in [0.5, 0.6) is 0 Å². The third-order valence-electron chi connectivity index (χ3n) is 5.07. The summed E-state index contributed by atoms with van der Waals surface area (Å²) in [6.07, 6.45) is 10.6. The predicted octanol–water partition coefficient (Wildman–Crippen LogP) is 3.00. The first-order valence-electron chi connectivity index (χ1n) is 9.25. The lowest BCUT2D eigenvalue weighted by atomic mass is 9.91. The molecule has 3 aromatic heterocycles. The van der Waals surface area contributed by atoms with Crippen molar-refractivity contribution in [1.82, 2.24) is 24.7 Å². The zero-order valence-corrected chi connectivity index (χ0v) is 15.2. The van der Waals surface area contributed by atoms with Crippen molar-refractivity contribution in [3.63, 3.8) is 0 Å². The lowest BCUT2D eigenvalue weighted by Gasteiger charge is -2.30. The van der Waals surface area contributed by atoms with Crippen molar-refractivity contribution in [2.24, 2.45) is 0 Å². The largest absolute Gasteiger partial charge is 0.366 e. The second kappa shape index (κ2) is 7.65. The van der Waals surface area contributed by atoms with Crippen molar-refractivity contribution in [2.75, 3.05) is 5.32 Å². The third-order valence-corrected chi connectivity index (χ3v) is 5.07. The first kappa shape index (κ1) is 17.3. The first-order valence-corrected chi connectivity index (χ1v) is 9.25. The zero-order chi connectivity index (χ0) is 18.6. The number of nitrogens with zero attached hydrogens (tertiary/aromatic N) is 5. The molecular weight excluding hydrogens is 340 g/mol. The second-order valence-electron chi connectivity index (χ2n) is 6.88. The number of hydrogen-bond donors (Lipinski definition) is 1. The molecule has 7 nitrogen and oxygen atoms in total. The molecule has 27 heavy (non-hydrogen) atoms. The minimum Gasteiger partial charge on any atom is -0.366 e. The normalized spacial score (nSPS) is 19.6. The molecule has 138 valence electrons. The number of anilines is 1. The van der Waals surface area contributed by atoms with E-state index in [1.54, 1.807) is 41.6 Å². The Morgan fingerprint density at radius 1 is 0.963 bits per heavy atom. The molecule has 0 aromatic carbocycles. The number of pyridine rings is 1. The Morgan fingerprint density at radius 2 is 1.70 bits per heavy atom. The molecule has 1 aliphatic rings. The molecule has 7 heteroatoms. The van der Waals surface area contributed by atoms with Crippen molar-refractivity contribution < 1.29 is 0 Å². The number of rotatable bonds is 4. The summed E-state index contributed by atoms with van der Waals surface area (Å²) in [5.74, 6) is 0.843. The molecule has 0 atom stereocenters. The fourth-order valence-corrected chi connectivity index (χ4v) is 3.57. The topological polar surface area (TPSA) is 85.6 Å². The summed E-state index contributed by atoms with van der Waals surface area (Å²) in [7, 11) is 0. The molecule has 0 spiro atoms. The van der Waals surface area contributed by atoms with Crippen LogP contribution >= 0.6 is 0 Å². The van der Waals surface area contributed by atoms with Gasteiger partial charge in [-0.3, -0.25) is 14.8 Å². The standard InChI is InChI=1S/C20H22N6O/c1-14-20(23-13-12-22-14)24-16-2-4-17(5-3-16)26-19(27)7-6-18(25-26)15-8-10-21-11-9-15/h6-13,16-17H,2-5H2,1H3,(H,23,24). The number of hydrogen-bond acceptors (Lipinski definition) is 6. The first-order chi connectivity index (χ1) is 13.2. The third kappa shape index (κ3) is 3.86. The van der Waals surface area contributed by atoms with Crippen molar-refractivity contribution in [1.29, 1.82) is 0 Å². The van der Waals surface area contributed by atoms with E-state index in [0.717, 1.165) is 48.5 Å². The zero-order valence-electron chi connectivity index (χ0n) is 15.2. The Bertz CT molecular complexity index is 963. The van der Waals surface area contributed by atoms with Crippen LogP contribution in [0.1, 0.15) is 37.4 Å². The maximum Gasteiger partial charge on any atom is 0.267 e. The van der Waals surface area contributed by atoms with Gasteiger partial charge in [0.05, 0.1) is 17.4 Å². The van der Waals surface area contributed by atoms with Crippen LogP contribution in [0.25, 0.3) is 11.3 Å². The van der Waals surface area contributed by atoms with Crippen LogP contribution in [0, 0.1) is 6.92 Å². The maximum absolute atomic E-state index is 12.4. The van der Waals surface area contributed by atoms with Crippen LogP contribution in [0.15, 0.2) is 53.8 Å². The van der Waals surface area contributed by atoms with Gasteiger partial charge in [-0.1, -0.05) is 0 Å². The average molecular weight is 362 g/mol. The van der Waals surface area contributed by atoms with Gasteiger partial charge >= 0.3 is 0 Å². The highest BCUT2D eigenvalue weighted by atomic mass is 16.1. The summed E-state index contributed by atoms with van der Waals surface area (Å²) in [5.41, 5.74) is 2.62. The van der Waals surface area contributed by atoms with Crippen molar-refractivity contribution in [2.45, 2.75) is 44.7 Å². The van der Waals surface area contributed by atoms with Gasteiger partial charge in [0.1, 0.15) is 5.82 Å². The molecule has 3 aromatic rings. The molecule has 0 unspecified atom stereocenters. The molecule has 0 bridgehead atoms. The molecule has 3 heterocycles. The van der Waals surface area contributed by atoms with E-state index >= 15 is 0 Å². The van der Waals surface area contributed by atoms with Gasteiger partial charge in [-0.2, -0.15) is 5.10 Å². The highest BCUT2D eigenvalue weighted by Crippen LogP contribution is 2.29. The summed E-state index contributed by atoms with van der Waals surface area (Å²) in [6.45, 7) is 1.95. The molecule has 1 aliphatic carbocycles. The highest BCUT2D eigenvalue weighted by Gasteiger charge is 2.24. The van der Waals surface area contributed by atoms with E-state index in [0.29, 0.717) is 6.04 Å². The smallest absolute Gasteiger partial charge is 0.267 e. The molecule has 0 radical (unpaired) electrons. The predicted molar refractivity (Wildman–Crippen MR) is 103 cm³/mol. The van der Waals surface area contributed by atoms with Crippen molar-refractivity contribution >= 4 is 5.82 Å². The Morgan fingerprint density at radius 3 is 2.44 bits per heavy atom. The van der Waals surface area contributed by atoms with Crippen molar-refractivity contribution in [3.8, 4) is 11.3 Å². The van der Waals surface area contributed by atoms with Gasteiger partial charge in [0.2, 0.25) is 0 Å². The number of aryl methyl sites for hydroxylation is 1. The van der Waals surface area contributed by atoms with E-state index in [2.05, 4.69) is 25.4 Å². The fraction of sp³-hybridized carbons (Fsp3) is 0.350. The van der Waals surface area contributed by atoms with Crippen molar-refractivity contribution in [3.05, 3.63) is 65.1 Å². The molecule has 1 N–H and O–H groups in total. The average Bonchev–Trinajstić information content (AvgIpc) is 2.71. The summed E-state index contributed by atoms with van der Waals surface area (Å²) in [6, 6.07) is 7.66. The van der Waals surface area contributed by atoms with E-state index in [1.165, 1.54) is 0 Å². The van der Waals surface area contributed by atoms with Crippen LogP contribution in [-0.4, -0.2) is 30.8 Å². The van der Waals surface area contributed by atoms with Crippen LogP contribution in [0.3, 0.4) is 0 Å². The Hall–Kier alpha value is -3.09. The monoisotopic (exact) mass is 362 g/mol. The molecule has 1 saturated carbocycles. The van der Waals surface area contributed by atoms with E-state index < -0.39 is 0 Å². The Kier molecular flexibility index (Phi) is 4.91. The molecule has 4 rings (SSSR count). The minimum atomic E-state index is -0.0472. The molecular formula is C20H22N6O. The summed E-state index contributed by atoms with van der Waals surface area (Å²) >= 11 is 0. The summed E-state index contributed by atoms with van der Waals surface area (Å²) in [4.78, 5) is 25.0. The fourth-order valence-electron chi connectivity index (χ4n) is 3.57. The van der Waals surface area contributed by atoms with Gasteiger partial charge in [-0.25, -0.2) is 9.67 Å². The maximum atomic E-state index is 12.4. The number of aromatic nitrogens is 5. The van der Waals surface area contributed by atoms with Crippen LogP contribution in [-0.2, 0) is 0 Å². The SMILES string of the molecule is Cc1nccnc1NC1CCC(n2nc(-c3ccncc3)ccc2=O)CC1. The lowest BCUT2D eigenvalue weighted by molar-refractivity contribution is 0.304. The van der Waals surface area contributed by atoms with Crippen LogP contribution in [0.2, 0.25) is 0 Å². The Labute approximate surface area is 157 Å². The van der Waals surface area contributed by atoms with E-state index in [9.17, 15) is 4.79 Å². The van der Waals surface area contributed by atoms with Gasteiger partial charge < -0.3 is 5.32 Å². The van der Waals surface area contributed by atoms with Gasteiger partial charge in [0.25, 0.3) is 5.56 Å². The van der Waals surface area contributed by atoms with Gasteiger partial charge in [0, 0.05) is 42.5 Å². The van der Waals surface area contributed by atoms with E-state index in [4.69, 9.17) is 0 Å². The summed E-state index contributed by atoms with van der Waals surface area (Å²) in [5, 5.41) is 8.11. The quantitative estimate of drug-likeness (QED) is 0.768. The molecule has 0 saturated heterocycles. The van der Waals surface area contributed by atoms with Gasteiger partial charge in [-0.15, -0.1) is 0 Å². The van der Waals surface area contributed by atoms with Crippen LogP contribution in [0.4, 0.5) is 5.82 Å².